The van der Waals surface area contributed by atoms with Gasteiger partial charge in [-0.2, -0.15) is 14.9 Å². The minimum absolute atomic E-state index is 0.267. The fourth-order valence-electron chi connectivity index (χ4n) is 4.72. The zero-order valence-corrected chi connectivity index (χ0v) is 23.0. The van der Waals surface area contributed by atoms with E-state index in [0.717, 1.165) is 23.7 Å². The van der Waals surface area contributed by atoms with Gasteiger partial charge < -0.3 is 15.0 Å². The Labute approximate surface area is 233 Å². The van der Waals surface area contributed by atoms with E-state index in [0.29, 0.717) is 46.1 Å². The van der Waals surface area contributed by atoms with Crippen molar-refractivity contribution in [3.63, 3.8) is 0 Å². The number of primary amides is 1. The summed E-state index contributed by atoms with van der Waals surface area (Å²) in [5, 5.41) is 9.95. The van der Waals surface area contributed by atoms with Crippen LogP contribution < -0.4 is 16.0 Å². The highest BCUT2D eigenvalue weighted by Gasteiger charge is 2.28. The summed E-state index contributed by atoms with van der Waals surface area (Å²) in [6, 6.07) is 12.5. The highest BCUT2D eigenvalue weighted by atomic mass is 32.2. The lowest BCUT2D eigenvalue weighted by molar-refractivity contribution is 0.100. The Balaban J connectivity index is 1.62. The Kier molecular flexibility index (Phi) is 6.00. The first kappa shape index (κ1) is 25.0. The molecule has 1 amide bonds. The molecule has 0 radical (unpaired) electrons. The van der Waals surface area contributed by atoms with Crippen molar-refractivity contribution in [1.82, 2.24) is 24.1 Å². The summed E-state index contributed by atoms with van der Waals surface area (Å²) in [5.74, 6) is 0.361. The van der Waals surface area contributed by atoms with Crippen LogP contribution in [0.1, 0.15) is 23.2 Å². The number of fused-ring (bicyclic) bond motifs is 2. The van der Waals surface area contributed by atoms with Gasteiger partial charge in [-0.05, 0) is 54.7 Å². The van der Waals surface area contributed by atoms with E-state index in [9.17, 15) is 9.59 Å². The van der Waals surface area contributed by atoms with E-state index in [2.05, 4.69) is 48.1 Å². The molecule has 3 heterocycles. The van der Waals surface area contributed by atoms with Gasteiger partial charge in [-0.15, -0.1) is 37.9 Å². The first-order chi connectivity index (χ1) is 18.1. The Morgan fingerprint density at radius 1 is 1.11 bits per heavy atom. The summed E-state index contributed by atoms with van der Waals surface area (Å²) in [7, 11) is 1.84. The maximum Gasteiger partial charge on any atom is 0.281 e. The van der Waals surface area contributed by atoms with Gasteiger partial charge in [0.15, 0.2) is 0 Å². The average molecular weight is 565 g/mol. The van der Waals surface area contributed by atoms with Gasteiger partial charge in [0.2, 0.25) is 3.60 Å². The quantitative estimate of drug-likeness (QED) is 0.176. The molecular weight excluding hydrogens is 541 g/mol. The second-order valence-corrected chi connectivity index (χ2v) is 12.5. The van der Waals surface area contributed by atoms with Crippen LogP contribution in [0.5, 0.6) is 5.75 Å². The molecule has 0 unspecified atom stereocenters. The number of amides is 1. The number of nitrogens with zero attached hydrogens (tertiary/aromatic N) is 5. The van der Waals surface area contributed by atoms with E-state index in [1.54, 1.807) is 41.2 Å². The first-order valence-electron chi connectivity index (χ1n) is 11.9. The number of ether oxygens (including phenoxy) is 1. The van der Waals surface area contributed by atoms with Gasteiger partial charge in [-0.3, -0.25) is 14.3 Å². The van der Waals surface area contributed by atoms with Crippen LogP contribution >= 0.6 is 37.9 Å². The van der Waals surface area contributed by atoms with Crippen LogP contribution in [-0.2, 0) is 13.6 Å². The maximum absolute atomic E-state index is 14.2. The van der Waals surface area contributed by atoms with E-state index in [-0.39, 0.29) is 11.1 Å². The lowest BCUT2D eigenvalue weighted by Gasteiger charge is -2.18. The topological polar surface area (TPSA) is 110 Å². The summed E-state index contributed by atoms with van der Waals surface area (Å²) in [4.78, 5) is 26.7. The summed E-state index contributed by atoms with van der Waals surface area (Å²) in [6.07, 6.45) is 5.78. The van der Waals surface area contributed by atoms with Crippen LogP contribution in [0.4, 0.5) is 0 Å². The number of aryl methyl sites for hydroxylation is 1. The molecule has 1 aliphatic rings. The molecule has 0 saturated heterocycles. The highest BCUT2D eigenvalue weighted by molar-refractivity contribution is 8.16. The van der Waals surface area contributed by atoms with Gasteiger partial charge in [0.25, 0.3) is 11.5 Å². The van der Waals surface area contributed by atoms with Crippen molar-refractivity contribution in [3.05, 3.63) is 70.8 Å². The van der Waals surface area contributed by atoms with Crippen LogP contribution in [0.15, 0.2) is 59.7 Å². The van der Waals surface area contributed by atoms with Crippen LogP contribution in [0.3, 0.4) is 0 Å². The summed E-state index contributed by atoms with van der Waals surface area (Å²) >= 11 is 12.5. The molecule has 3 aromatic heterocycles. The second kappa shape index (κ2) is 9.14. The van der Waals surface area contributed by atoms with Crippen molar-refractivity contribution in [2.75, 3.05) is 0 Å². The number of aromatic nitrogens is 5. The monoisotopic (exact) mass is 564 g/mol. The predicted molar refractivity (Wildman–Crippen MR) is 157 cm³/mol. The molecule has 38 heavy (non-hydrogen) atoms. The Hall–Kier alpha value is -3.35. The van der Waals surface area contributed by atoms with E-state index >= 15 is 0 Å². The molecule has 0 spiro atoms. The molecule has 12 heteroatoms. The summed E-state index contributed by atoms with van der Waals surface area (Å²) in [5.41, 5.74) is 9.07. The zero-order chi connectivity index (χ0) is 26.8. The average Bonchev–Trinajstić information content (AvgIpc) is 3.47. The predicted octanol–water partition coefficient (Wildman–Crippen LogP) is 4.03. The lowest BCUT2D eigenvalue weighted by atomic mass is 10.1. The highest BCUT2D eigenvalue weighted by Crippen LogP contribution is 2.36. The Morgan fingerprint density at radius 3 is 2.50 bits per heavy atom. The molecule has 1 saturated carbocycles. The molecule has 1 aliphatic carbocycles. The van der Waals surface area contributed by atoms with Gasteiger partial charge in [0.1, 0.15) is 11.3 Å². The summed E-state index contributed by atoms with van der Waals surface area (Å²) < 4.78 is 9.30. The largest absolute Gasteiger partial charge is 0.459 e. The fourth-order valence-corrected chi connectivity index (χ4v) is 5.03. The zero-order valence-electron chi connectivity index (χ0n) is 20.3. The molecule has 1 fully saturated rings. The molecule has 194 valence electrons. The van der Waals surface area contributed by atoms with Crippen molar-refractivity contribution in [2.24, 2.45) is 18.7 Å². The minimum Gasteiger partial charge on any atom is -0.459 e. The van der Waals surface area contributed by atoms with Gasteiger partial charge >= 0.3 is 0 Å². The third-order valence-corrected chi connectivity index (χ3v) is 6.83. The number of carbonyl (C=O) groups is 1. The van der Waals surface area contributed by atoms with E-state index in [1.165, 1.54) is 4.68 Å². The normalized spacial score (nSPS) is 13.9. The maximum atomic E-state index is 14.2. The SMILES string of the molecule is Cn1cc2cc(-n3nc4c(C(N)=O)cn(CC5CC5)c4c(-c4ccc(OC(S)(S)S)cc4)c3=O)ccc2n1. The van der Waals surface area contributed by atoms with E-state index < -0.39 is 9.50 Å². The van der Waals surface area contributed by atoms with Crippen molar-refractivity contribution >= 4 is 65.7 Å². The smallest absolute Gasteiger partial charge is 0.281 e. The number of nitrogens with two attached hydrogens (primary N) is 1. The van der Waals surface area contributed by atoms with Crippen molar-refractivity contribution < 1.29 is 9.53 Å². The van der Waals surface area contributed by atoms with Crippen LogP contribution in [0.25, 0.3) is 38.8 Å². The minimum atomic E-state index is -1.27. The Bertz CT molecular complexity index is 1780. The standard InChI is InChI=1S/C26H24N6O3S3/c1-30-12-16-10-17(6-9-20(16)28-30)32-25(34)21(15-4-7-18(8-5-15)35-26(36,37)38)23-22(29-32)19(24(27)33)13-31(23)11-14-2-3-14/h4-10,12-14,36-38H,2-3,11H2,1H3,(H2,27,33). The molecule has 2 aromatic carbocycles. The van der Waals surface area contributed by atoms with Gasteiger partial charge in [0.05, 0.1) is 27.8 Å². The lowest BCUT2D eigenvalue weighted by Crippen LogP contribution is -2.24. The van der Waals surface area contributed by atoms with Crippen LogP contribution in [-0.4, -0.2) is 33.6 Å². The summed E-state index contributed by atoms with van der Waals surface area (Å²) in [6.45, 7) is 0.673. The molecule has 5 aromatic rings. The van der Waals surface area contributed by atoms with Crippen LogP contribution in [0, 0.1) is 5.92 Å². The number of hydrogen-bond donors (Lipinski definition) is 4. The molecular formula is C26H24N6O3S3. The molecule has 2 N–H and O–H groups in total. The number of carbonyl (C=O) groups excluding carboxylic acids is 1. The van der Waals surface area contributed by atoms with Crippen molar-refractivity contribution in [2.45, 2.75) is 23.0 Å². The number of hydrogen-bond acceptors (Lipinski definition) is 8. The number of thiol groups is 3. The van der Waals surface area contributed by atoms with Crippen molar-refractivity contribution in [1.29, 1.82) is 0 Å². The molecule has 0 aliphatic heterocycles. The third kappa shape index (κ3) is 4.67. The molecule has 0 atom stereocenters. The van der Waals surface area contributed by atoms with E-state index in [4.69, 9.17) is 10.5 Å². The van der Waals surface area contributed by atoms with Gasteiger partial charge in [-0.25, -0.2) is 0 Å². The van der Waals surface area contributed by atoms with Crippen LogP contribution in [0.2, 0.25) is 0 Å². The van der Waals surface area contributed by atoms with E-state index in [1.807, 2.05) is 29.9 Å². The van der Waals surface area contributed by atoms with Gasteiger partial charge in [0, 0.05) is 31.4 Å². The molecule has 9 nitrogen and oxygen atoms in total. The molecule has 0 bridgehead atoms. The first-order valence-corrected chi connectivity index (χ1v) is 13.3. The van der Waals surface area contributed by atoms with Crippen molar-refractivity contribution in [3.8, 4) is 22.6 Å². The number of rotatable bonds is 7. The third-order valence-electron chi connectivity index (χ3n) is 6.56. The number of benzene rings is 2. The van der Waals surface area contributed by atoms with Gasteiger partial charge in [-0.1, -0.05) is 12.1 Å². The Morgan fingerprint density at radius 2 is 1.84 bits per heavy atom. The fraction of sp³-hybridized carbons (Fsp3) is 0.231. The molecule has 6 rings (SSSR count). The second-order valence-electron chi connectivity index (χ2n) is 9.54.